The number of sulfone groups is 1. The molecule has 0 amide bonds. The average molecular weight is 390 g/mol. The van der Waals surface area contributed by atoms with Crippen LogP contribution in [-0.4, -0.2) is 48.0 Å². The lowest BCUT2D eigenvalue weighted by atomic mass is 9.98. The Bertz CT molecular complexity index is 989. The molecule has 1 aliphatic carbocycles. The molecule has 0 N–H and O–H groups in total. The van der Waals surface area contributed by atoms with Crippen LogP contribution in [0.15, 0.2) is 29.2 Å². The number of allylic oxidation sites excluding steroid dienone is 1. The van der Waals surface area contributed by atoms with Crippen LogP contribution in [0.5, 0.6) is 0 Å². The van der Waals surface area contributed by atoms with Gasteiger partial charge in [-0.3, -0.25) is 0 Å². The first-order valence-corrected chi connectivity index (χ1v) is 10.6. The van der Waals surface area contributed by atoms with Gasteiger partial charge in [0, 0.05) is 6.26 Å². The average Bonchev–Trinajstić information content (AvgIpc) is 3.29. The fourth-order valence-electron chi connectivity index (χ4n) is 3.36. The van der Waals surface area contributed by atoms with Gasteiger partial charge in [-0.15, -0.1) is 5.10 Å². The first kappa shape index (κ1) is 19.2. The van der Waals surface area contributed by atoms with E-state index < -0.39 is 15.8 Å². The van der Waals surface area contributed by atoms with E-state index in [1.807, 2.05) is 6.08 Å². The Morgan fingerprint density at radius 1 is 1.30 bits per heavy atom. The van der Waals surface area contributed by atoms with E-state index in [1.165, 1.54) is 17.9 Å². The molecule has 9 heteroatoms. The summed E-state index contributed by atoms with van der Waals surface area (Å²) in [5.41, 5.74) is 1.23. The summed E-state index contributed by atoms with van der Waals surface area (Å²) in [6.07, 6.45) is 7.31. The van der Waals surface area contributed by atoms with Crippen LogP contribution in [0, 0.1) is 12.8 Å². The van der Waals surface area contributed by atoms with Gasteiger partial charge in [-0.25, -0.2) is 13.2 Å². The van der Waals surface area contributed by atoms with Gasteiger partial charge < -0.3 is 4.74 Å². The molecule has 1 fully saturated rings. The highest BCUT2D eigenvalue weighted by Gasteiger charge is 2.23. The van der Waals surface area contributed by atoms with Gasteiger partial charge in [0.25, 0.3) is 0 Å². The summed E-state index contributed by atoms with van der Waals surface area (Å²) in [6, 6.07) is 4.80. The van der Waals surface area contributed by atoms with Crippen molar-refractivity contribution < 1.29 is 17.9 Å². The monoisotopic (exact) mass is 390 g/mol. The van der Waals surface area contributed by atoms with Crippen molar-refractivity contribution in [3.63, 3.8) is 0 Å². The molecule has 0 radical (unpaired) electrons. The highest BCUT2D eigenvalue weighted by molar-refractivity contribution is 7.90. The number of hydrogen-bond donors (Lipinski definition) is 0. The lowest BCUT2D eigenvalue weighted by Crippen LogP contribution is -2.11. The zero-order valence-electron chi connectivity index (χ0n) is 15.5. The molecule has 1 saturated carbocycles. The number of carbonyl (C=O) groups excluding carboxylic acids is 1. The van der Waals surface area contributed by atoms with E-state index in [0.717, 1.165) is 31.9 Å². The Morgan fingerprint density at radius 2 is 2.00 bits per heavy atom. The van der Waals surface area contributed by atoms with Gasteiger partial charge in [-0.2, -0.15) is 4.68 Å². The number of rotatable bonds is 5. The highest BCUT2D eigenvalue weighted by Crippen LogP contribution is 2.31. The molecule has 27 heavy (non-hydrogen) atoms. The third-order valence-corrected chi connectivity index (χ3v) is 5.86. The van der Waals surface area contributed by atoms with Crippen molar-refractivity contribution >= 4 is 21.4 Å². The Kier molecular flexibility index (Phi) is 5.41. The summed E-state index contributed by atoms with van der Waals surface area (Å²) in [4.78, 5) is 12.4. The van der Waals surface area contributed by atoms with Crippen molar-refractivity contribution in [1.82, 2.24) is 20.2 Å². The minimum atomic E-state index is -3.59. The molecule has 0 bridgehead atoms. The number of carbonyl (C=O) groups is 1. The summed E-state index contributed by atoms with van der Waals surface area (Å²) in [5.74, 6) is 0.275. The minimum Gasteiger partial charge on any atom is -0.465 e. The van der Waals surface area contributed by atoms with E-state index in [-0.39, 0.29) is 4.90 Å². The maximum Gasteiger partial charge on any atom is 0.338 e. The van der Waals surface area contributed by atoms with Crippen LogP contribution in [0.3, 0.4) is 0 Å². The number of aryl methyl sites for hydroxylation is 1. The largest absolute Gasteiger partial charge is 0.465 e. The quantitative estimate of drug-likeness (QED) is 0.569. The number of nitrogens with zero attached hydrogens (tertiary/aromatic N) is 4. The predicted molar refractivity (Wildman–Crippen MR) is 99.0 cm³/mol. The highest BCUT2D eigenvalue weighted by atomic mass is 32.2. The predicted octanol–water partition coefficient (Wildman–Crippen LogP) is 2.12. The van der Waals surface area contributed by atoms with Crippen LogP contribution in [0.4, 0.5) is 0 Å². The van der Waals surface area contributed by atoms with Gasteiger partial charge in [0.05, 0.1) is 23.3 Å². The molecule has 0 unspecified atom stereocenters. The Balaban J connectivity index is 2.15. The lowest BCUT2D eigenvalue weighted by molar-refractivity contribution is -0.133. The molecule has 1 aliphatic rings. The molecule has 0 aliphatic heterocycles. The number of ether oxygens (including phenoxy) is 1. The van der Waals surface area contributed by atoms with Crippen molar-refractivity contribution in [3.8, 4) is 5.69 Å². The van der Waals surface area contributed by atoms with Crippen LogP contribution in [0.1, 0.15) is 37.1 Å². The number of methoxy groups -OCH3 is 1. The van der Waals surface area contributed by atoms with Gasteiger partial charge in [-0.1, -0.05) is 25.0 Å². The van der Waals surface area contributed by atoms with Gasteiger partial charge in [-0.05, 0) is 53.8 Å². The van der Waals surface area contributed by atoms with Crippen LogP contribution in [-0.2, 0) is 19.4 Å². The van der Waals surface area contributed by atoms with Crippen LogP contribution in [0.2, 0.25) is 0 Å². The summed E-state index contributed by atoms with van der Waals surface area (Å²) < 4.78 is 31.1. The SMILES string of the molecule is COC(=O)/C(=C/C1CCCC1)c1ccc(-n2nnnc2C)c(S(C)(=O)=O)c1. The van der Waals surface area contributed by atoms with Crippen molar-refractivity contribution in [2.75, 3.05) is 13.4 Å². The zero-order valence-corrected chi connectivity index (χ0v) is 16.4. The fraction of sp³-hybridized carbons (Fsp3) is 0.444. The van der Waals surface area contributed by atoms with E-state index in [0.29, 0.717) is 28.6 Å². The third-order valence-electron chi connectivity index (χ3n) is 4.73. The second-order valence-electron chi connectivity index (χ2n) is 6.71. The van der Waals surface area contributed by atoms with Crippen molar-refractivity contribution in [3.05, 3.63) is 35.7 Å². The Hall–Kier alpha value is -2.55. The van der Waals surface area contributed by atoms with Gasteiger partial charge in [0.2, 0.25) is 0 Å². The first-order valence-electron chi connectivity index (χ1n) is 8.71. The molecule has 144 valence electrons. The van der Waals surface area contributed by atoms with E-state index in [2.05, 4.69) is 15.5 Å². The minimum absolute atomic E-state index is 0.0524. The third kappa shape index (κ3) is 4.08. The molecule has 8 nitrogen and oxygen atoms in total. The molecule has 1 heterocycles. The normalized spacial score (nSPS) is 15.9. The van der Waals surface area contributed by atoms with Gasteiger partial charge in [0.1, 0.15) is 0 Å². The first-order chi connectivity index (χ1) is 12.8. The molecular weight excluding hydrogens is 368 g/mol. The summed E-state index contributed by atoms with van der Waals surface area (Å²) in [6.45, 7) is 1.68. The summed E-state index contributed by atoms with van der Waals surface area (Å²) in [7, 11) is -2.27. The molecule has 3 rings (SSSR count). The van der Waals surface area contributed by atoms with E-state index >= 15 is 0 Å². The Labute approximate surface area is 158 Å². The van der Waals surface area contributed by atoms with Crippen LogP contribution >= 0.6 is 0 Å². The summed E-state index contributed by atoms with van der Waals surface area (Å²) >= 11 is 0. The van der Waals surface area contributed by atoms with Crippen LogP contribution in [0.25, 0.3) is 11.3 Å². The van der Waals surface area contributed by atoms with E-state index in [9.17, 15) is 13.2 Å². The molecular formula is C18H22N4O4S. The maximum atomic E-state index is 12.4. The van der Waals surface area contributed by atoms with Gasteiger partial charge in [0.15, 0.2) is 15.7 Å². The molecule has 1 aromatic carbocycles. The molecule has 2 aromatic rings. The number of tetrazole rings is 1. The second-order valence-corrected chi connectivity index (χ2v) is 8.69. The van der Waals surface area contributed by atoms with Crippen molar-refractivity contribution in [2.24, 2.45) is 5.92 Å². The molecule has 1 aromatic heterocycles. The second kappa shape index (κ2) is 7.59. The number of esters is 1. The number of benzene rings is 1. The molecule has 0 spiro atoms. The zero-order chi connectivity index (χ0) is 19.6. The maximum absolute atomic E-state index is 12.4. The molecule has 0 atom stereocenters. The lowest BCUT2D eigenvalue weighted by Gasteiger charge is -2.13. The van der Waals surface area contributed by atoms with E-state index in [1.54, 1.807) is 19.1 Å². The molecule has 0 saturated heterocycles. The number of aromatic nitrogens is 4. The van der Waals surface area contributed by atoms with Crippen molar-refractivity contribution in [1.29, 1.82) is 0 Å². The van der Waals surface area contributed by atoms with E-state index in [4.69, 9.17) is 4.74 Å². The smallest absolute Gasteiger partial charge is 0.338 e. The van der Waals surface area contributed by atoms with Gasteiger partial charge >= 0.3 is 5.97 Å². The number of hydrogen-bond acceptors (Lipinski definition) is 7. The van der Waals surface area contributed by atoms with Crippen molar-refractivity contribution in [2.45, 2.75) is 37.5 Å². The topological polar surface area (TPSA) is 104 Å². The standard InChI is InChI=1S/C18H22N4O4S/c1-12-19-20-21-22(12)16-9-8-14(11-17(16)27(3,24)25)15(18(23)26-2)10-13-6-4-5-7-13/h8-11,13H,4-7H2,1-3H3/b15-10+. The Morgan fingerprint density at radius 3 is 2.56 bits per heavy atom. The summed E-state index contributed by atoms with van der Waals surface area (Å²) in [5, 5.41) is 11.2. The fourth-order valence-corrected chi connectivity index (χ4v) is 4.24. The van der Waals surface area contributed by atoms with Crippen LogP contribution < -0.4 is 0 Å².